The van der Waals surface area contributed by atoms with Crippen LogP contribution in [0, 0.1) is 0 Å². The van der Waals surface area contributed by atoms with Gasteiger partial charge in [0.15, 0.2) is 0 Å². The number of halogens is 1. The van der Waals surface area contributed by atoms with E-state index in [-0.39, 0.29) is 18.4 Å². The first kappa shape index (κ1) is 12.9. The highest BCUT2D eigenvalue weighted by atomic mass is 35.5. The summed E-state index contributed by atoms with van der Waals surface area (Å²) in [4.78, 5) is 15.9. The number of methoxy groups -OCH3 is 1. The van der Waals surface area contributed by atoms with Gasteiger partial charge in [0, 0.05) is 12.5 Å². The summed E-state index contributed by atoms with van der Waals surface area (Å²) in [5.74, 6) is 0.110. The molecule has 0 amide bonds. The second kappa shape index (κ2) is 5.27. The molecule has 88 valence electrons. The Labute approximate surface area is 101 Å². The molecule has 5 heteroatoms. The number of aromatic nitrogens is 1. The first-order valence-corrected chi connectivity index (χ1v) is 5.04. The molecule has 1 saturated carbocycles. The molecule has 0 atom stereocenters. The maximum Gasteiger partial charge on any atom is 0.339 e. The smallest absolute Gasteiger partial charge is 0.339 e. The second-order valence-electron chi connectivity index (χ2n) is 3.71. The van der Waals surface area contributed by atoms with E-state index in [1.807, 2.05) is 0 Å². The van der Waals surface area contributed by atoms with Gasteiger partial charge in [0.2, 0.25) is 0 Å². The fourth-order valence-electron chi connectivity index (χ4n) is 1.58. The van der Waals surface area contributed by atoms with Crippen molar-refractivity contribution in [2.24, 2.45) is 5.73 Å². The number of ether oxygens (including phenoxy) is 1. The quantitative estimate of drug-likeness (QED) is 0.819. The number of carbonyl (C=O) groups excluding carboxylic acids is 1. The zero-order chi connectivity index (χ0) is 10.8. The van der Waals surface area contributed by atoms with E-state index in [0.29, 0.717) is 18.0 Å². The summed E-state index contributed by atoms with van der Waals surface area (Å²) in [7, 11) is 1.38. The van der Waals surface area contributed by atoms with Gasteiger partial charge in [-0.1, -0.05) is 0 Å². The van der Waals surface area contributed by atoms with Crippen LogP contribution in [0.5, 0.6) is 0 Å². The molecule has 0 aromatic carbocycles. The maximum absolute atomic E-state index is 11.5. The summed E-state index contributed by atoms with van der Waals surface area (Å²) >= 11 is 0. The first-order valence-electron chi connectivity index (χ1n) is 5.04. The first-order chi connectivity index (χ1) is 7.26. The Morgan fingerprint density at radius 1 is 1.56 bits per heavy atom. The number of nitrogens with two attached hydrogens (primary N) is 1. The molecule has 0 radical (unpaired) electrons. The van der Waals surface area contributed by atoms with Crippen molar-refractivity contribution in [3.8, 4) is 0 Å². The van der Waals surface area contributed by atoms with Crippen molar-refractivity contribution in [3.63, 3.8) is 0 Å². The van der Waals surface area contributed by atoms with Crippen LogP contribution in [0.25, 0.3) is 0 Å². The third-order valence-corrected chi connectivity index (χ3v) is 2.56. The van der Waals surface area contributed by atoms with Gasteiger partial charge in [-0.05, 0) is 25.0 Å². The fraction of sp³-hybridized carbons (Fsp3) is 0.455. The Hall–Kier alpha value is -1.13. The number of nitrogens with zero attached hydrogens (tertiary/aromatic N) is 1. The predicted octanol–water partition coefficient (Wildman–Crippen LogP) is 1.63. The lowest BCUT2D eigenvalue weighted by Gasteiger charge is -2.07. The van der Waals surface area contributed by atoms with Crippen LogP contribution in [0.1, 0.15) is 40.5 Å². The molecule has 0 unspecified atom stereocenters. The minimum absolute atomic E-state index is 0. The highest BCUT2D eigenvalue weighted by Gasteiger charge is 2.30. The van der Waals surface area contributed by atoms with E-state index < -0.39 is 0 Å². The standard InChI is InChI=1S/C11H14N2O2.ClH/c1-15-11(14)9-5-4-8(6-12)13-10(9)7-2-3-7;/h4-5,7H,2-3,6,12H2,1H3;1H. The van der Waals surface area contributed by atoms with Crippen molar-refractivity contribution >= 4 is 18.4 Å². The largest absolute Gasteiger partial charge is 0.465 e. The molecule has 2 N–H and O–H groups in total. The van der Waals surface area contributed by atoms with Crippen molar-refractivity contribution in [2.75, 3.05) is 7.11 Å². The van der Waals surface area contributed by atoms with Crippen LogP contribution >= 0.6 is 12.4 Å². The Morgan fingerprint density at radius 3 is 2.75 bits per heavy atom. The minimum atomic E-state index is -0.312. The van der Waals surface area contributed by atoms with Gasteiger partial charge in [0.05, 0.1) is 24.1 Å². The van der Waals surface area contributed by atoms with Crippen LogP contribution < -0.4 is 5.73 Å². The molecule has 1 aliphatic rings. The van der Waals surface area contributed by atoms with E-state index in [1.54, 1.807) is 12.1 Å². The molecular weight excluding hydrogens is 228 g/mol. The van der Waals surface area contributed by atoms with Crippen LogP contribution in [0.15, 0.2) is 12.1 Å². The molecule has 1 fully saturated rings. The van der Waals surface area contributed by atoms with E-state index in [0.717, 1.165) is 24.2 Å². The molecule has 0 bridgehead atoms. The Balaban J connectivity index is 0.00000128. The number of rotatable bonds is 3. The van der Waals surface area contributed by atoms with Crippen molar-refractivity contribution in [1.29, 1.82) is 0 Å². The fourth-order valence-corrected chi connectivity index (χ4v) is 1.58. The van der Waals surface area contributed by atoms with Gasteiger partial charge < -0.3 is 10.5 Å². The van der Waals surface area contributed by atoms with Crippen LogP contribution in [0.2, 0.25) is 0 Å². The SMILES string of the molecule is COC(=O)c1ccc(CN)nc1C1CC1.Cl. The molecule has 1 aliphatic carbocycles. The normalized spacial score (nSPS) is 14.1. The molecule has 0 saturated heterocycles. The van der Waals surface area contributed by atoms with E-state index in [2.05, 4.69) is 4.98 Å². The number of hydrogen-bond donors (Lipinski definition) is 1. The summed E-state index contributed by atoms with van der Waals surface area (Å²) in [6.07, 6.45) is 2.20. The van der Waals surface area contributed by atoms with Gasteiger partial charge in [-0.3, -0.25) is 4.98 Å². The van der Waals surface area contributed by atoms with Crippen molar-refractivity contribution in [2.45, 2.75) is 25.3 Å². The van der Waals surface area contributed by atoms with E-state index in [9.17, 15) is 4.79 Å². The number of hydrogen-bond acceptors (Lipinski definition) is 4. The van der Waals surface area contributed by atoms with E-state index in [1.165, 1.54) is 7.11 Å². The molecule has 0 aliphatic heterocycles. The Morgan fingerprint density at radius 2 is 2.25 bits per heavy atom. The summed E-state index contributed by atoms with van der Waals surface area (Å²) in [5, 5.41) is 0. The van der Waals surface area contributed by atoms with E-state index >= 15 is 0 Å². The van der Waals surface area contributed by atoms with Gasteiger partial charge in [0.25, 0.3) is 0 Å². The third kappa shape index (κ3) is 2.51. The molecule has 2 rings (SSSR count). The summed E-state index contributed by atoms with van der Waals surface area (Å²) < 4.78 is 4.72. The average Bonchev–Trinajstić information content (AvgIpc) is 3.11. The number of carbonyl (C=O) groups is 1. The molecule has 1 aromatic heterocycles. The zero-order valence-electron chi connectivity index (χ0n) is 9.10. The molecule has 1 heterocycles. The van der Waals surface area contributed by atoms with E-state index in [4.69, 9.17) is 10.5 Å². The lowest BCUT2D eigenvalue weighted by Crippen LogP contribution is -2.10. The lowest BCUT2D eigenvalue weighted by atomic mass is 10.1. The monoisotopic (exact) mass is 242 g/mol. The molecule has 4 nitrogen and oxygen atoms in total. The van der Waals surface area contributed by atoms with Crippen LogP contribution in [0.3, 0.4) is 0 Å². The molecule has 1 aromatic rings. The van der Waals surface area contributed by atoms with Gasteiger partial charge in [-0.15, -0.1) is 12.4 Å². The molecule has 0 spiro atoms. The van der Waals surface area contributed by atoms with Crippen molar-refractivity contribution < 1.29 is 9.53 Å². The molecular formula is C11H15ClN2O2. The van der Waals surface area contributed by atoms with Crippen molar-refractivity contribution in [1.82, 2.24) is 4.98 Å². The van der Waals surface area contributed by atoms with Crippen LogP contribution in [-0.2, 0) is 11.3 Å². The number of pyridine rings is 1. The highest BCUT2D eigenvalue weighted by Crippen LogP contribution is 2.40. The Kier molecular flexibility index (Phi) is 4.26. The zero-order valence-corrected chi connectivity index (χ0v) is 9.92. The van der Waals surface area contributed by atoms with Gasteiger partial charge in [0.1, 0.15) is 0 Å². The van der Waals surface area contributed by atoms with Crippen LogP contribution in [-0.4, -0.2) is 18.1 Å². The summed E-state index contributed by atoms with van der Waals surface area (Å²) in [6, 6.07) is 3.53. The Bertz CT molecular complexity index is 392. The number of esters is 1. The summed E-state index contributed by atoms with van der Waals surface area (Å²) in [5.41, 5.74) is 7.78. The third-order valence-electron chi connectivity index (χ3n) is 2.56. The minimum Gasteiger partial charge on any atom is -0.465 e. The van der Waals surface area contributed by atoms with Crippen molar-refractivity contribution in [3.05, 3.63) is 29.1 Å². The highest BCUT2D eigenvalue weighted by molar-refractivity contribution is 5.90. The molecule has 16 heavy (non-hydrogen) atoms. The maximum atomic E-state index is 11.5. The van der Waals surface area contributed by atoms with Gasteiger partial charge in [-0.25, -0.2) is 4.79 Å². The second-order valence-corrected chi connectivity index (χ2v) is 3.71. The predicted molar refractivity (Wildman–Crippen MR) is 62.7 cm³/mol. The topological polar surface area (TPSA) is 65.2 Å². The van der Waals surface area contributed by atoms with Gasteiger partial charge in [-0.2, -0.15) is 0 Å². The van der Waals surface area contributed by atoms with Crippen LogP contribution in [0.4, 0.5) is 0 Å². The van der Waals surface area contributed by atoms with Gasteiger partial charge >= 0.3 is 5.97 Å². The lowest BCUT2D eigenvalue weighted by molar-refractivity contribution is 0.0599. The average molecular weight is 243 g/mol. The summed E-state index contributed by atoms with van der Waals surface area (Å²) in [6.45, 7) is 0.404.